The lowest BCUT2D eigenvalue weighted by Gasteiger charge is -2.21. The summed E-state index contributed by atoms with van der Waals surface area (Å²) in [4.78, 5) is 11.4. The molecule has 21 heavy (non-hydrogen) atoms. The Morgan fingerprint density at radius 3 is 2.38 bits per heavy atom. The van der Waals surface area contributed by atoms with E-state index >= 15 is 0 Å². The van der Waals surface area contributed by atoms with Crippen molar-refractivity contribution in [3.05, 3.63) is 35.5 Å². The minimum atomic E-state index is -4.47. The van der Waals surface area contributed by atoms with Crippen molar-refractivity contribution in [1.29, 1.82) is 0 Å². The normalized spacial score (nSPS) is 12.9. The Labute approximate surface area is 120 Å². The highest BCUT2D eigenvalue weighted by Crippen LogP contribution is 2.38. The van der Waals surface area contributed by atoms with E-state index in [2.05, 4.69) is 0 Å². The Morgan fingerprint density at radius 2 is 1.90 bits per heavy atom. The van der Waals surface area contributed by atoms with Crippen molar-refractivity contribution in [2.75, 3.05) is 0 Å². The Hall–Kier alpha value is -1.98. The number of benzene rings is 1. The van der Waals surface area contributed by atoms with Crippen molar-refractivity contribution in [1.82, 2.24) is 4.57 Å². The molecule has 3 nitrogen and oxygen atoms in total. The second-order valence-corrected chi connectivity index (χ2v) is 5.44. The monoisotopic (exact) mass is 299 g/mol. The predicted octanol–water partition coefficient (Wildman–Crippen LogP) is 4.04. The number of halogens is 3. The van der Waals surface area contributed by atoms with Crippen LogP contribution in [-0.2, 0) is 22.9 Å². The van der Waals surface area contributed by atoms with E-state index in [1.807, 2.05) is 0 Å². The fraction of sp³-hybridized carbons (Fsp3) is 0.400. The second-order valence-electron chi connectivity index (χ2n) is 5.44. The van der Waals surface area contributed by atoms with E-state index in [9.17, 15) is 23.1 Å². The van der Waals surface area contributed by atoms with Crippen LogP contribution in [0.4, 0.5) is 13.2 Å². The number of nitrogens with zero attached hydrogens (tertiary/aromatic N) is 1. The number of hydrogen-bond donors (Lipinski definition) is 1. The highest BCUT2D eigenvalue weighted by Gasteiger charge is 2.37. The van der Waals surface area contributed by atoms with Gasteiger partial charge in [-0.2, -0.15) is 13.2 Å². The van der Waals surface area contributed by atoms with Crippen molar-refractivity contribution >= 4 is 16.9 Å². The van der Waals surface area contributed by atoms with Crippen LogP contribution in [-0.4, -0.2) is 15.6 Å². The summed E-state index contributed by atoms with van der Waals surface area (Å²) in [7, 11) is 0. The number of carboxylic acids is 1. The number of rotatable bonds is 3. The topological polar surface area (TPSA) is 42.2 Å². The first kappa shape index (κ1) is 15.4. The quantitative estimate of drug-likeness (QED) is 0.929. The zero-order chi connectivity index (χ0) is 16.0. The number of aryl methyl sites for hydroxylation is 1. The number of carbonyl (C=O) groups is 1. The molecule has 114 valence electrons. The molecule has 0 aliphatic heterocycles. The molecular formula is C15H16F3NO2. The van der Waals surface area contributed by atoms with E-state index in [4.69, 9.17) is 0 Å². The number of aliphatic carboxylic acids is 1. The molecule has 1 aromatic heterocycles. The molecule has 0 amide bonds. The van der Waals surface area contributed by atoms with Crippen molar-refractivity contribution < 1.29 is 23.1 Å². The molecule has 2 aromatic rings. The number of fused-ring (bicyclic) bond motifs is 1. The molecule has 0 spiro atoms. The van der Waals surface area contributed by atoms with Crippen LogP contribution in [0.25, 0.3) is 10.9 Å². The Morgan fingerprint density at radius 1 is 1.29 bits per heavy atom. The molecule has 2 rings (SSSR count). The summed E-state index contributed by atoms with van der Waals surface area (Å²) >= 11 is 0. The van der Waals surface area contributed by atoms with Crippen molar-refractivity contribution in [3.8, 4) is 0 Å². The molecule has 6 heteroatoms. The molecule has 0 saturated heterocycles. The van der Waals surface area contributed by atoms with Gasteiger partial charge in [0, 0.05) is 23.1 Å². The van der Waals surface area contributed by atoms with Gasteiger partial charge in [0.15, 0.2) is 0 Å². The van der Waals surface area contributed by atoms with E-state index in [1.165, 1.54) is 26.0 Å². The molecule has 0 atom stereocenters. The molecule has 0 unspecified atom stereocenters. The van der Waals surface area contributed by atoms with Gasteiger partial charge >= 0.3 is 12.1 Å². The molecule has 1 N–H and O–H groups in total. The third kappa shape index (κ3) is 2.39. The van der Waals surface area contributed by atoms with Crippen LogP contribution in [0.15, 0.2) is 24.3 Å². The average molecular weight is 299 g/mol. The largest absolute Gasteiger partial charge is 0.481 e. The summed E-state index contributed by atoms with van der Waals surface area (Å²) < 4.78 is 40.9. The highest BCUT2D eigenvalue weighted by atomic mass is 19.4. The van der Waals surface area contributed by atoms with E-state index < -0.39 is 23.1 Å². The summed E-state index contributed by atoms with van der Waals surface area (Å²) in [5.74, 6) is -1.08. The number of aromatic nitrogens is 1. The summed E-state index contributed by atoms with van der Waals surface area (Å²) in [6, 6.07) is 5.28. The van der Waals surface area contributed by atoms with E-state index in [-0.39, 0.29) is 5.39 Å². The first-order valence-electron chi connectivity index (χ1n) is 6.54. The zero-order valence-electron chi connectivity index (χ0n) is 12.0. The fourth-order valence-electron chi connectivity index (χ4n) is 2.50. The lowest BCUT2D eigenvalue weighted by Crippen LogP contribution is -2.31. The van der Waals surface area contributed by atoms with E-state index in [0.29, 0.717) is 17.8 Å². The Bertz CT molecular complexity index is 699. The van der Waals surface area contributed by atoms with Gasteiger partial charge in [0.05, 0.1) is 5.56 Å². The van der Waals surface area contributed by atoms with Crippen LogP contribution in [0.1, 0.15) is 32.0 Å². The predicted molar refractivity (Wildman–Crippen MR) is 73.3 cm³/mol. The van der Waals surface area contributed by atoms with Crippen LogP contribution in [0.5, 0.6) is 0 Å². The maximum atomic E-state index is 13.1. The number of carboxylic acid groups (broad SMARTS) is 1. The molecule has 0 fully saturated rings. The Balaban J connectivity index is 2.84. The molecule has 0 radical (unpaired) electrons. The molecule has 1 heterocycles. The van der Waals surface area contributed by atoms with Gasteiger partial charge in [0.2, 0.25) is 0 Å². The minimum Gasteiger partial charge on any atom is -0.481 e. The van der Waals surface area contributed by atoms with Crippen LogP contribution in [0.3, 0.4) is 0 Å². The lowest BCUT2D eigenvalue weighted by molar-refractivity contribution is -0.142. The average Bonchev–Trinajstić information content (AvgIpc) is 2.75. The number of alkyl halides is 3. The third-order valence-electron chi connectivity index (χ3n) is 3.74. The lowest BCUT2D eigenvalue weighted by atomic mass is 9.89. The fourth-order valence-corrected chi connectivity index (χ4v) is 2.50. The van der Waals surface area contributed by atoms with Crippen molar-refractivity contribution in [2.24, 2.45) is 0 Å². The highest BCUT2D eigenvalue weighted by molar-refractivity contribution is 5.89. The van der Waals surface area contributed by atoms with Gasteiger partial charge in [0.1, 0.15) is 5.41 Å². The van der Waals surface area contributed by atoms with Gasteiger partial charge in [-0.3, -0.25) is 4.79 Å². The second kappa shape index (κ2) is 4.79. The summed E-state index contributed by atoms with van der Waals surface area (Å²) in [6.45, 7) is 5.16. The SMILES string of the molecule is CCn1c(C(C)(C)C(=O)O)cc2c(C(F)(F)F)cccc21. The van der Waals surface area contributed by atoms with Crippen molar-refractivity contribution in [2.45, 2.75) is 38.9 Å². The van der Waals surface area contributed by atoms with Gasteiger partial charge in [-0.25, -0.2) is 0 Å². The molecular weight excluding hydrogens is 283 g/mol. The maximum Gasteiger partial charge on any atom is 0.417 e. The molecule has 0 bridgehead atoms. The van der Waals surface area contributed by atoms with Gasteiger partial charge < -0.3 is 9.67 Å². The summed E-state index contributed by atoms with van der Waals surface area (Å²) in [6.07, 6.45) is -4.47. The first-order chi connectivity index (χ1) is 9.60. The standard InChI is InChI=1S/C15H16F3NO2/c1-4-19-11-7-5-6-10(15(16,17)18)9(11)8-12(19)14(2,3)13(20)21/h5-8H,4H2,1-3H3,(H,20,21). The van der Waals surface area contributed by atoms with Gasteiger partial charge in [-0.15, -0.1) is 0 Å². The third-order valence-corrected chi connectivity index (χ3v) is 3.74. The van der Waals surface area contributed by atoms with Crippen molar-refractivity contribution in [3.63, 3.8) is 0 Å². The summed E-state index contributed by atoms with van der Waals surface area (Å²) in [5, 5.41) is 9.37. The maximum absolute atomic E-state index is 13.1. The zero-order valence-corrected chi connectivity index (χ0v) is 12.0. The van der Waals surface area contributed by atoms with E-state index in [0.717, 1.165) is 6.07 Å². The Kier molecular flexibility index (Phi) is 3.51. The summed E-state index contributed by atoms with van der Waals surface area (Å²) in [5.41, 5.74) is -1.24. The van der Waals surface area contributed by atoms with Crippen LogP contribution in [0.2, 0.25) is 0 Å². The first-order valence-corrected chi connectivity index (χ1v) is 6.54. The van der Waals surface area contributed by atoms with Crippen LogP contribution in [0, 0.1) is 0 Å². The molecule has 0 aliphatic carbocycles. The molecule has 0 saturated carbocycles. The van der Waals surface area contributed by atoms with Crippen LogP contribution >= 0.6 is 0 Å². The van der Waals surface area contributed by atoms with Crippen LogP contribution < -0.4 is 0 Å². The number of hydrogen-bond acceptors (Lipinski definition) is 1. The molecule has 1 aromatic carbocycles. The van der Waals surface area contributed by atoms with Gasteiger partial charge in [-0.1, -0.05) is 6.07 Å². The van der Waals surface area contributed by atoms with E-state index in [1.54, 1.807) is 17.6 Å². The molecule has 0 aliphatic rings. The van der Waals surface area contributed by atoms with Gasteiger partial charge in [-0.05, 0) is 39.0 Å². The van der Waals surface area contributed by atoms with Gasteiger partial charge in [0.25, 0.3) is 0 Å². The minimum absolute atomic E-state index is 0.0381. The smallest absolute Gasteiger partial charge is 0.417 e.